The zero-order valence-corrected chi connectivity index (χ0v) is 13.8. The Balaban J connectivity index is 2.42. The van der Waals surface area contributed by atoms with Crippen LogP contribution in [0.4, 0.5) is 0 Å². The number of hydrogen-bond acceptors (Lipinski definition) is 2. The minimum absolute atomic E-state index is 0.0606. The predicted octanol–water partition coefficient (Wildman–Crippen LogP) is 2.78. The Morgan fingerprint density at radius 3 is 2.24 bits per heavy atom. The number of rotatable bonds is 4. The molecule has 0 aromatic carbocycles. The maximum absolute atomic E-state index is 13.1. The monoisotopic (exact) mass is 292 g/mol. The third-order valence-corrected chi connectivity index (χ3v) is 5.27. The van der Waals surface area contributed by atoms with E-state index in [9.17, 15) is 9.59 Å². The molecule has 4 nitrogen and oxygen atoms in total. The highest BCUT2D eigenvalue weighted by molar-refractivity contribution is 6.02. The third-order valence-electron chi connectivity index (χ3n) is 5.27. The fourth-order valence-electron chi connectivity index (χ4n) is 3.68. The molecule has 1 heterocycles. The fourth-order valence-corrected chi connectivity index (χ4v) is 3.68. The van der Waals surface area contributed by atoms with Crippen LogP contribution in [-0.4, -0.2) is 34.3 Å². The van der Waals surface area contributed by atoms with Crippen LogP contribution in [0.1, 0.15) is 66.2 Å². The van der Waals surface area contributed by atoms with Gasteiger partial charge in [0.05, 0.1) is 0 Å². The van der Waals surface area contributed by atoms with Crippen LogP contribution in [0.15, 0.2) is 11.6 Å². The number of amides is 2. The Bertz CT molecular complexity index is 453. The summed E-state index contributed by atoms with van der Waals surface area (Å²) in [6.07, 6.45) is 7.00. The van der Waals surface area contributed by atoms with Crippen molar-refractivity contribution in [3.63, 3.8) is 0 Å². The van der Waals surface area contributed by atoms with Crippen LogP contribution in [0.5, 0.6) is 0 Å². The Morgan fingerprint density at radius 1 is 1.19 bits per heavy atom. The normalized spacial score (nSPS) is 23.3. The molecule has 1 saturated heterocycles. The average molecular weight is 292 g/mol. The molecule has 1 N–H and O–H groups in total. The van der Waals surface area contributed by atoms with Crippen molar-refractivity contribution in [2.24, 2.45) is 0 Å². The van der Waals surface area contributed by atoms with E-state index in [1.54, 1.807) is 0 Å². The van der Waals surface area contributed by atoms with E-state index in [4.69, 9.17) is 0 Å². The molecule has 1 spiro atoms. The van der Waals surface area contributed by atoms with Gasteiger partial charge in [-0.25, -0.2) is 0 Å². The number of allylic oxidation sites excluding steroid dienone is 1. The molecule has 1 aliphatic carbocycles. The predicted molar refractivity (Wildman–Crippen MR) is 83.8 cm³/mol. The molecular formula is C17H28N2O2. The quantitative estimate of drug-likeness (QED) is 0.810. The fraction of sp³-hybridized carbons (Fsp3) is 0.765. The van der Waals surface area contributed by atoms with E-state index in [0.29, 0.717) is 19.4 Å². The van der Waals surface area contributed by atoms with Gasteiger partial charge in [-0.3, -0.25) is 9.59 Å². The van der Waals surface area contributed by atoms with Crippen molar-refractivity contribution in [2.45, 2.75) is 77.3 Å². The minimum Gasteiger partial charge on any atom is -0.340 e. The molecule has 2 aliphatic rings. The molecule has 4 heteroatoms. The number of piperazine rings is 1. The first-order valence-electron chi connectivity index (χ1n) is 8.20. The van der Waals surface area contributed by atoms with Crippen molar-refractivity contribution >= 4 is 11.8 Å². The highest BCUT2D eigenvalue weighted by atomic mass is 16.2. The highest BCUT2D eigenvalue weighted by Gasteiger charge is 2.57. The van der Waals surface area contributed by atoms with E-state index < -0.39 is 11.1 Å². The van der Waals surface area contributed by atoms with E-state index in [1.165, 1.54) is 5.57 Å². The largest absolute Gasteiger partial charge is 0.340 e. The zero-order chi connectivity index (χ0) is 15.7. The second-order valence-electron chi connectivity index (χ2n) is 6.68. The van der Waals surface area contributed by atoms with Gasteiger partial charge in [-0.05, 0) is 39.5 Å². The molecule has 118 valence electrons. The van der Waals surface area contributed by atoms with E-state index in [1.807, 2.05) is 32.6 Å². The zero-order valence-electron chi connectivity index (χ0n) is 13.8. The molecule has 2 amide bonds. The number of hydrogen-bond donors (Lipinski definition) is 1. The lowest BCUT2D eigenvalue weighted by molar-refractivity contribution is -0.162. The van der Waals surface area contributed by atoms with Crippen LogP contribution >= 0.6 is 0 Å². The first kappa shape index (κ1) is 16.1. The molecule has 0 atom stereocenters. The van der Waals surface area contributed by atoms with Gasteiger partial charge in [-0.1, -0.05) is 38.3 Å². The van der Waals surface area contributed by atoms with Crippen molar-refractivity contribution in [2.75, 3.05) is 6.54 Å². The van der Waals surface area contributed by atoms with Gasteiger partial charge < -0.3 is 10.2 Å². The average Bonchev–Trinajstić information content (AvgIpc) is 2.93. The van der Waals surface area contributed by atoms with Crippen LogP contribution in [0, 0.1) is 0 Å². The molecule has 2 rings (SSSR count). The molecule has 0 aromatic rings. The lowest BCUT2D eigenvalue weighted by atomic mass is 9.81. The SMILES string of the molecule is CCC1(CC)NC(=O)C2(CCCC2)N(CC=C(C)C)C1=O. The lowest BCUT2D eigenvalue weighted by Gasteiger charge is -2.51. The maximum atomic E-state index is 13.1. The summed E-state index contributed by atoms with van der Waals surface area (Å²) >= 11 is 0. The smallest absolute Gasteiger partial charge is 0.249 e. The van der Waals surface area contributed by atoms with E-state index in [-0.39, 0.29) is 11.8 Å². The topological polar surface area (TPSA) is 49.4 Å². The first-order chi connectivity index (χ1) is 9.92. The first-order valence-corrected chi connectivity index (χ1v) is 8.20. The Kier molecular flexibility index (Phi) is 4.45. The van der Waals surface area contributed by atoms with E-state index in [0.717, 1.165) is 25.7 Å². The van der Waals surface area contributed by atoms with E-state index in [2.05, 4.69) is 11.4 Å². The number of carbonyl (C=O) groups excluding carboxylic acids is 2. The summed E-state index contributed by atoms with van der Waals surface area (Å²) < 4.78 is 0. The van der Waals surface area contributed by atoms with Crippen molar-refractivity contribution < 1.29 is 9.59 Å². The summed E-state index contributed by atoms with van der Waals surface area (Å²) in [7, 11) is 0. The van der Waals surface area contributed by atoms with Gasteiger partial charge in [-0.15, -0.1) is 0 Å². The maximum Gasteiger partial charge on any atom is 0.249 e. The lowest BCUT2D eigenvalue weighted by Crippen LogP contribution is -2.74. The molecule has 1 saturated carbocycles. The van der Waals surface area contributed by atoms with Gasteiger partial charge in [-0.2, -0.15) is 0 Å². The second-order valence-corrected chi connectivity index (χ2v) is 6.68. The molecule has 21 heavy (non-hydrogen) atoms. The summed E-state index contributed by atoms with van der Waals surface area (Å²) in [6, 6.07) is 0. The third kappa shape index (κ3) is 2.49. The van der Waals surface area contributed by atoms with Gasteiger partial charge in [0.2, 0.25) is 11.8 Å². The number of carbonyl (C=O) groups is 2. The van der Waals surface area contributed by atoms with Gasteiger partial charge in [0, 0.05) is 6.54 Å². The van der Waals surface area contributed by atoms with Crippen LogP contribution < -0.4 is 5.32 Å². The van der Waals surface area contributed by atoms with Crippen molar-refractivity contribution in [1.29, 1.82) is 0 Å². The van der Waals surface area contributed by atoms with Gasteiger partial charge >= 0.3 is 0 Å². The number of nitrogens with zero attached hydrogens (tertiary/aromatic N) is 1. The van der Waals surface area contributed by atoms with E-state index >= 15 is 0 Å². The molecule has 0 bridgehead atoms. The van der Waals surface area contributed by atoms with Crippen molar-refractivity contribution in [3.05, 3.63) is 11.6 Å². The summed E-state index contributed by atoms with van der Waals surface area (Å²) in [6.45, 7) is 8.57. The number of nitrogens with one attached hydrogen (secondary N) is 1. The van der Waals surface area contributed by atoms with Crippen molar-refractivity contribution in [1.82, 2.24) is 10.2 Å². The van der Waals surface area contributed by atoms with Gasteiger partial charge in [0.25, 0.3) is 0 Å². The Hall–Kier alpha value is -1.32. The van der Waals surface area contributed by atoms with Crippen LogP contribution in [-0.2, 0) is 9.59 Å². The summed E-state index contributed by atoms with van der Waals surface area (Å²) in [4.78, 5) is 27.8. The second kappa shape index (κ2) is 5.82. The Morgan fingerprint density at radius 2 is 1.76 bits per heavy atom. The van der Waals surface area contributed by atoms with Crippen LogP contribution in [0.25, 0.3) is 0 Å². The minimum atomic E-state index is -0.708. The Labute approximate surface area is 128 Å². The van der Waals surface area contributed by atoms with Gasteiger partial charge in [0.1, 0.15) is 11.1 Å². The standard InChI is InChI=1S/C17H28N2O2/c1-5-16(6-2)15(21)19(12-9-13(3)4)17(14(20)18-16)10-7-8-11-17/h9H,5-8,10-12H2,1-4H3,(H,18,20). The van der Waals surface area contributed by atoms with Crippen LogP contribution in [0.3, 0.4) is 0 Å². The molecular weight excluding hydrogens is 264 g/mol. The summed E-state index contributed by atoms with van der Waals surface area (Å²) in [5.74, 6) is 0.164. The molecule has 0 unspecified atom stereocenters. The molecule has 0 aromatic heterocycles. The van der Waals surface area contributed by atoms with Crippen molar-refractivity contribution in [3.8, 4) is 0 Å². The molecule has 1 aliphatic heterocycles. The highest BCUT2D eigenvalue weighted by Crippen LogP contribution is 2.41. The molecule has 0 radical (unpaired) electrons. The molecule has 2 fully saturated rings. The summed E-state index contributed by atoms with van der Waals surface area (Å²) in [5, 5.41) is 3.08. The van der Waals surface area contributed by atoms with Gasteiger partial charge in [0.15, 0.2) is 0 Å². The van der Waals surface area contributed by atoms with Crippen LogP contribution in [0.2, 0.25) is 0 Å². The summed E-state index contributed by atoms with van der Waals surface area (Å²) in [5.41, 5.74) is -0.127.